The molecule has 8 heavy (non-hydrogen) atoms. The highest BCUT2D eigenvalue weighted by molar-refractivity contribution is 14.1. The van der Waals surface area contributed by atoms with Crippen LogP contribution in [0.5, 0.6) is 0 Å². The van der Waals surface area contributed by atoms with Gasteiger partial charge in [0.15, 0.2) is 4.11 Å². The van der Waals surface area contributed by atoms with Gasteiger partial charge in [0, 0.05) is 0 Å². The molecule has 0 aliphatic heterocycles. The van der Waals surface area contributed by atoms with Crippen molar-refractivity contribution in [1.29, 1.82) is 0 Å². The van der Waals surface area contributed by atoms with Crippen molar-refractivity contribution in [2.45, 2.75) is 17.5 Å². The van der Waals surface area contributed by atoms with Crippen LogP contribution in [-0.2, 0) is 4.74 Å². The fraction of sp³-hybridized carbons (Fsp3) is 0.750. The highest BCUT2D eigenvalue weighted by atomic mass is 127. The Labute approximate surface area is 61.7 Å². The number of carbonyl (C=O) groups is 1. The Morgan fingerprint density at radius 3 is 2.62 bits per heavy atom. The average Bonchev–Trinajstić information content (AvgIpc) is 1.65. The number of ether oxygens (including phenoxy) is 1. The summed E-state index contributed by atoms with van der Waals surface area (Å²) in [6.45, 7) is 1.92. The Bertz CT molecular complexity index is 86.1. The van der Waals surface area contributed by atoms with Crippen LogP contribution in [0, 0.1) is 0 Å². The maximum Gasteiger partial charge on any atom is 0.405 e. The molecule has 0 aromatic rings. The molecule has 1 atom stereocenters. The van der Waals surface area contributed by atoms with E-state index in [1.54, 1.807) is 0 Å². The Morgan fingerprint density at radius 1 is 2.00 bits per heavy atom. The molecular formula is C4H8INO2. The first-order valence-electron chi connectivity index (χ1n) is 2.27. The molecule has 0 heterocycles. The number of nitrogens with two attached hydrogens (primary N) is 1. The van der Waals surface area contributed by atoms with Crippen LogP contribution >= 0.6 is 22.6 Å². The highest BCUT2D eigenvalue weighted by Gasteiger charge is 2.01. The summed E-state index contributed by atoms with van der Waals surface area (Å²) in [5.41, 5.74) is 4.70. The van der Waals surface area contributed by atoms with Gasteiger partial charge in [0.1, 0.15) is 0 Å². The fourth-order valence-corrected chi connectivity index (χ4v) is 0.460. The van der Waals surface area contributed by atoms with E-state index in [1.165, 1.54) is 0 Å². The third kappa shape index (κ3) is 4.17. The summed E-state index contributed by atoms with van der Waals surface area (Å²) >= 11 is 2.00. The van der Waals surface area contributed by atoms with Crippen LogP contribution in [0.1, 0.15) is 13.3 Å². The van der Waals surface area contributed by atoms with Gasteiger partial charge in [-0.1, -0.05) is 6.92 Å². The molecular weight excluding hydrogens is 221 g/mol. The Kier molecular flexibility index (Phi) is 3.94. The summed E-state index contributed by atoms with van der Waals surface area (Å²) in [5.74, 6) is 0. The molecule has 0 radical (unpaired) electrons. The molecule has 48 valence electrons. The predicted molar refractivity (Wildman–Crippen MR) is 38.8 cm³/mol. The van der Waals surface area contributed by atoms with Crippen LogP contribution in [0.4, 0.5) is 4.79 Å². The number of amides is 1. The van der Waals surface area contributed by atoms with Crippen LogP contribution in [0.3, 0.4) is 0 Å². The summed E-state index contributed by atoms with van der Waals surface area (Å²) < 4.78 is 4.45. The molecule has 0 rings (SSSR count). The minimum Gasteiger partial charge on any atom is -0.436 e. The molecule has 0 bridgehead atoms. The third-order valence-electron chi connectivity index (χ3n) is 0.565. The van der Waals surface area contributed by atoms with Crippen LogP contribution in [0.15, 0.2) is 0 Å². The van der Waals surface area contributed by atoms with Gasteiger partial charge in [0.05, 0.1) is 0 Å². The summed E-state index contributed by atoms with van der Waals surface area (Å²) in [6, 6.07) is 0. The molecule has 1 unspecified atom stereocenters. The lowest BCUT2D eigenvalue weighted by atomic mass is 10.5. The molecule has 0 aromatic heterocycles. The second kappa shape index (κ2) is 3.94. The topological polar surface area (TPSA) is 52.3 Å². The van der Waals surface area contributed by atoms with E-state index in [-0.39, 0.29) is 4.11 Å². The standard InChI is InChI=1S/C4H8INO2/c1-2-3(5)8-4(6)7/h3H,2H2,1H3,(H2,6,7). The van der Waals surface area contributed by atoms with E-state index in [0.29, 0.717) is 0 Å². The van der Waals surface area contributed by atoms with E-state index in [2.05, 4.69) is 4.74 Å². The zero-order valence-corrected chi connectivity index (χ0v) is 6.71. The SMILES string of the molecule is CCC(I)OC(N)=O. The molecule has 0 spiro atoms. The van der Waals surface area contributed by atoms with Crippen molar-refractivity contribution < 1.29 is 9.53 Å². The lowest BCUT2D eigenvalue weighted by Gasteiger charge is -2.04. The minimum atomic E-state index is -0.703. The molecule has 0 aliphatic carbocycles. The van der Waals surface area contributed by atoms with Crippen molar-refractivity contribution in [3.8, 4) is 0 Å². The molecule has 1 amide bonds. The third-order valence-corrected chi connectivity index (χ3v) is 1.70. The van der Waals surface area contributed by atoms with E-state index >= 15 is 0 Å². The van der Waals surface area contributed by atoms with Gasteiger partial charge < -0.3 is 10.5 Å². The van der Waals surface area contributed by atoms with Gasteiger partial charge in [-0.15, -0.1) is 0 Å². The van der Waals surface area contributed by atoms with Gasteiger partial charge in [-0.2, -0.15) is 0 Å². The molecule has 3 nitrogen and oxygen atoms in total. The van der Waals surface area contributed by atoms with Gasteiger partial charge in [-0.05, 0) is 29.0 Å². The van der Waals surface area contributed by atoms with Crippen LogP contribution in [-0.4, -0.2) is 10.2 Å². The molecule has 0 aromatic carbocycles. The molecule has 2 N–H and O–H groups in total. The van der Waals surface area contributed by atoms with Crippen LogP contribution < -0.4 is 5.73 Å². The monoisotopic (exact) mass is 229 g/mol. The quantitative estimate of drug-likeness (QED) is 0.572. The second-order valence-corrected chi connectivity index (χ2v) is 2.64. The zero-order valence-electron chi connectivity index (χ0n) is 4.56. The van der Waals surface area contributed by atoms with Crippen molar-refractivity contribution in [3.05, 3.63) is 0 Å². The number of rotatable bonds is 2. The number of primary amides is 1. The zero-order chi connectivity index (χ0) is 6.57. The van der Waals surface area contributed by atoms with Gasteiger partial charge in [0.2, 0.25) is 0 Å². The Hall–Kier alpha value is 0. The first-order chi connectivity index (χ1) is 3.66. The summed E-state index contributed by atoms with van der Waals surface area (Å²) in [6.07, 6.45) is 0.0926. The normalized spacial score (nSPS) is 12.8. The largest absolute Gasteiger partial charge is 0.436 e. The highest BCUT2D eigenvalue weighted by Crippen LogP contribution is 2.05. The number of alkyl halides is 1. The summed E-state index contributed by atoms with van der Waals surface area (Å²) in [5, 5.41) is 0. The second-order valence-electron chi connectivity index (χ2n) is 1.26. The summed E-state index contributed by atoms with van der Waals surface area (Å²) in [4.78, 5) is 9.96. The van der Waals surface area contributed by atoms with Crippen LogP contribution in [0.2, 0.25) is 0 Å². The molecule has 0 fully saturated rings. The van der Waals surface area contributed by atoms with E-state index < -0.39 is 6.09 Å². The maximum atomic E-state index is 9.96. The predicted octanol–water partition coefficient (Wildman–Crippen LogP) is 1.25. The van der Waals surface area contributed by atoms with Crippen molar-refractivity contribution in [2.75, 3.05) is 0 Å². The minimum absolute atomic E-state index is 0.0786. The van der Waals surface area contributed by atoms with Crippen LogP contribution in [0.25, 0.3) is 0 Å². The molecule has 0 aliphatic rings. The first kappa shape index (κ1) is 8.00. The van der Waals surface area contributed by atoms with Gasteiger partial charge >= 0.3 is 6.09 Å². The lowest BCUT2D eigenvalue weighted by Crippen LogP contribution is -2.17. The lowest BCUT2D eigenvalue weighted by molar-refractivity contribution is 0.150. The summed E-state index contributed by atoms with van der Waals surface area (Å²) in [7, 11) is 0. The number of hydrogen-bond acceptors (Lipinski definition) is 2. The van der Waals surface area contributed by atoms with E-state index in [0.717, 1.165) is 6.42 Å². The number of carbonyl (C=O) groups excluding carboxylic acids is 1. The Balaban J connectivity index is 3.24. The van der Waals surface area contributed by atoms with E-state index in [4.69, 9.17) is 5.73 Å². The van der Waals surface area contributed by atoms with E-state index in [1.807, 2.05) is 29.5 Å². The van der Waals surface area contributed by atoms with Gasteiger partial charge in [0.25, 0.3) is 0 Å². The van der Waals surface area contributed by atoms with Crippen molar-refractivity contribution in [3.63, 3.8) is 0 Å². The number of hydrogen-bond donors (Lipinski definition) is 1. The van der Waals surface area contributed by atoms with Gasteiger partial charge in [-0.3, -0.25) is 0 Å². The maximum absolute atomic E-state index is 9.96. The van der Waals surface area contributed by atoms with Gasteiger partial charge in [-0.25, -0.2) is 4.79 Å². The molecule has 0 saturated heterocycles. The molecule has 4 heteroatoms. The number of halogens is 1. The van der Waals surface area contributed by atoms with Crippen molar-refractivity contribution >= 4 is 28.7 Å². The average molecular weight is 229 g/mol. The molecule has 0 saturated carbocycles. The van der Waals surface area contributed by atoms with Crippen molar-refractivity contribution in [2.24, 2.45) is 5.73 Å². The first-order valence-corrected chi connectivity index (χ1v) is 3.51. The van der Waals surface area contributed by atoms with Crippen molar-refractivity contribution in [1.82, 2.24) is 0 Å². The smallest absolute Gasteiger partial charge is 0.405 e. The van der Waals surface area contributed by atoms with E-state index in [9.17, 15) is 4.79 Å². The Morgan fingerprint density at radius 2 is 2.50 bits per heavy atom. The fourth-order valence-electron chi connectivity index (χ4n) is 0.209.